The molecule has 0 aromatic heterocycles. The van der Waals surface area contributed by atoms with Crippen LogP contribution in [0.4, 0.5) is 5.69 Å². The molecule has 1 amide bonds. The Balaban J connectivity index is 2.09. The Hall–Kier alpha value is -1.73. The number of carbonyl (C=O) groups excluding carboxylic acids is 2. The van der Waals surface area contributed by atoms with Gasteiger partial charge in [0, 0.05) is 17.8 Å². The van der Waals surface area contributed by atoms with Gasteiger partial charge in [-0.05, 0) is 44.0 Å². The summed E-state index contributed by atoms with van der Waals surface area (Å²) in [6.07, 6.45) is 2.30. The van der Waals surface area contributed by atoms with Crippen molar-refractivity contribution >= 4 is 27.4 Å². The summed E-state index contributed by atoms with van der Waals surface area (Å²) in [7, 11) is -3.38. The maximum absolute atomic E-state index is 12.2. The van der Waals surface area contributed by atoms with Crippen molar-refractivity contribution in [2.75, 3.05) is 18.1 Å². The molecule has 1 heterocycles. The van der Waals surface area contributed by atoms with Crippen molar-refractivity contribution in [2.45, 2.75) is 25.8 Å². The van der Waals surface area contributed by atoms with Gasteiger partial charge in [-0.1, -0.05) is 0 Å². The second kappa shape index (κ2) is 5.95. The molecule has 0 radical (unpaired) electrons. The molecule has 21 heavy (non-hydrogen) atoms. The number of nitrogens with zero attached hydrogens (tertiary/aromatic N) is 1. The molecule has 1 fully saturated rings. The third-order valence-electron chi connectivity index (χ3n) is 3.49. The molecule has 0 bridgehead atoms. The van der Waals surface area contributed by atoms with Gasteiger partial charge in [-0.15, -0.1) is 0 Å². The second-order valence-corrected chi connectivity index (χ2v) is 7.09. The van der Waals surface area contributed by atoms with Crippen LogP contribution in [-0.4, -0.2) is 43.3 Å². The Bertz CT molecular complexity index is 652. The lowest BCUT2D eigenvalue weighted by molar-refractivity contribution is -0.119. The number of sulfonamides is 1. The smallest absolute Gasteiger partial charge is 0.242 e. The molecule has 1 aromatic rings. The van der Waals surface area contributed by atoms with E-state index < -0.39 is 16.1 Å². The minimum atomic E-state index is -3.38. The molecule has 7 heteroatoms. The van der Waals surface area contributed by atoms with E-state index in [0.29, 0.717) is 30.6 Å². The van der Waals surface area contributed by atoms with Crippen LogP contribution in [0, 0.1) is 0 Å². The molecule has 2 rings (SSSR count). The zero-order valence-electron chi connectivity index (χ0n) is 12.0. The van der Waals surface area contributed by atoms with E-state index in [2.05, 4.69) is 5.32 Å². The second-order valence-electron chi connectivity index (χ2n) is 5.15. The molecule has 0 unspecified atom stereocenters. The fraction of sp³-hybridized carbons (Fsp3) is 0.429. The van der Waals surface area contributed by atoms with Crippen molar-refractivity contribution < 1.29 is 18.0 Å². The summed E-state index contributed by atoms with van der Waals surface area (Å²) in [5, 5.41) is 2.70. The molecule has 0 saturated carbocycles. The molecular weight excluding hydrogens is 292 g/mol. The number of hydrogen-bond acceptors (Lipinski definition) is 4. The predicted octanol–water partition coefficient (Wildman–Crippen LogP) is 1.25. The van der Waals surface area contributed by atoms with Crippen LogP contribution in [0.1, 0.15) is 30.1 Å². The largest absolute Gasteiger partial charge is 0.325 e. The normalized spacial score (nSPS) is 19.4. The number of rotatable bonds is 4. The van der Waals surface area contributed by atoms with E-state index in [0.717, 1.165) is 6.26 Å². The first-order valence-corrected chi connectivity index (χ1v) is 8.52. The molecule has 6 nitrogen and oxygen atoms in total. The highest BCUT2D eigenvalue weighted by Crippen LogP contribution is 2.22. The van der Waals surface area contributed by atoms with Gasteiger partial charge >= 0.3 is 0 Å². The molecule has 1 aromatic carbocycles. The fourth-order valence-electron chi connectivity index (χ4n) is 2.41. The highest BCUT2D eigenvalue weighted by molar-refractivity contribution is 7.88. The van der Waals surface area contributed by atoms with E-state index in [1.54, 1.807) is 24.3 Å². The Morgan fingerprint density at radius 2 is 1.86 bits per heavy atom. The quantitative estimate of drug-likeness (QED) is 0.848. The van der Waals surface area contributed by atoms with Crippen molar-refractivity contribution in [2.24, 2.45) is 0 Å². The van der Waals surface area contributed by atoms with Crippen molar-refractivity contribution in [1.82, 2.24) is 4.31 Å². The summed E-state index contributed by atoms with van der Waals surface area (Å²) in [5.41, 5.74) is 1.11. The van der Waals surface area contributed by atoms with E-state index in [4.69, 9.17) is 0 Å². The molecular formula is C14H18N2O4S. The Labute approximate surface area is 124 Å². The molecule has 0 spiro atoms. The molecule has 1 aliphatic rings. The lowest BCUT2D eigenvalue weighted by atomic mass is 10.1. The summed E-state index contributed by atoms with van der Waals surface area (Å²) in [6, 6.07) is 5.86. The maximum Gasteiger partial charge on any atom is 0.242 e. The average Bonchev–Trinajstić information content (AvgIpc) is 2.88. The molecule has 1 aliphatic heterocycles. The van der Waals surface area contributed by atoms with Crippen LogP contribution in [0.25, 0.3) is 0 Å². The van der Waals surface area contributed by atoms with Gasteiger partial charge in [0.15, 0.2) is 5.78 Å². The number of benzene rings is 1. The fourth-order valence-corrected chi connectivity index (χ4v) is 3.54. The van der Waals surface area contributed by atoms with Gasteiger partial charge in [-0.2, -0.15) is 4.31 Å². The summed E-state index contributed by atoms with van der Waals surface area (Å²) in [6.45, 7) is 1.84. The average molecular weight is 310 g/mol. The first-order chi connectivity index (χ1) is 9.79. The number of ketones is 1. The lowest BCUT2D eigenvalue weighted by Gasteiger charge is -2.21. The number of carbonyl (C=O) groups is 2. The highest BCUT2D eigenvalue weighted by atomic mass is 32.2. The van der Waals surface area contributed by atoms with Crippen LogP contribution in [0.5, 0.6) is 0 Å². The van der Waals surface area contributed by atoms with Crippen LogP contribution in [0.15, 0.2) is 24.3 Å². The van der Waals surface area contributed by atoms with E-state index in [-0.39, 0.29) is 11.7 Å². The first-order valence-electron chi connectivity index (χ1n) is 6.68. The molecule has 1 saturated heterocycles. The number of anilines is 1. The monoisotopic (exact) mass is 310 g/mol. The lowest BCUT2D eigenvalue weighted by Crippen LogP contribution is -2.42. The summed E-state index contributed by atoms with van der Waals surface area (Å²) in [4.78, 5) is 23.4. The van der Waals surface area contributed by atoms with Crippen molar-refractivity contribution in [3.05, 3.63) is 29.8 Å². The van der Waals surface area contributed by atoms with Gasteiger partial charge in [-0.3, -0.25) is 9.59 Å². The van der Waals surface area contributed by atoms with E-state index >= 15 is 0 Å². The molecule has 0 aliphatic carbocycles. The van der Waals surface area contributed by atoms with Crippen LogP contribution >= 0.6 is 0 Å². The summed E-state index contributed by atoms with van der Waals surface area (Å²) < 4.78 is 24.5. The van der Waals surface area contributed by atoms with Crippen LogP contribution < -0.4 is 5.32 Å². The minimum Gasteiger partial charge on any atom is -0.325 e. The van der Waals surface area contributed by atoms with Crippen molar-refractivity contribution in [1.29, 1.82) is 0 Å². The Kier molecular flexibility index (Phi) is 4.43. The number of amides is 1. The van der Waals surface area contributed by atoms with Gasteiger partial charge in [0.25, 0.3) is 0 Å². The van der Waals surface area contributed by atoms with E-state index in [1.807, 2.05) is 0 Å². The number of hydrogen-bond donors (Lipinski definition) is 1. The number of Topliss-reactive ketones (excluding diaryl/α,β-unsaturated/α-hetero) is 1. The van der Waals surface area contributed by atoms with Crippen LogP contribution in [-0.2, 0) is 14.8 Å². The maximum atomic E-state index is 12.2. The van der Waals surface area contributed by atoms with Crippen molar-refractivity contribution in [3.63, 3.8) is 0 Å². The van der Waals surface area contributed by atoms with Crippen LogP contribution in [0.3, 0.4) is 0 Å². The third-order valence-corrected chi connectivity index (χ3v) is 4.78. The topological polar surface area (TPSA) is 83.6 Å². The van der Waals surface area contributed by atoms with E-state index in [9.17, 15) is 18.0 Å². The van der Waals surface area contributed by atoms with Crippen LogP contribution in [0.2, 0.25) is 0 Å². The van der Waals surface area contributed by atoms with Gasteiger partial charge in [0.05, 0.1) is 6.26 Å². The Morgan fingerprint density at radius 1 is 1.24 bits per heavy atom. The first kappa shape index (κ1) is 15.7. The van der Waals surface area contributed by atoms with Crippen molar-refractivity contribution in [3.8, 4) is 0 Å². The number of nitrogens with one attached hydrogen (secondary N) is 1. The standard InChI is InChI=1S/C14H18N2O4S/c1-10(17)11-5-7-12(8-6-11)15-14(18)13-4-3-9-16(13)21(2,19)20/h5-8,13H,3-4,9H2,1-2H3,(H,15,18)/t13-/m0/s1. The molecule has 1 atom stereocenters. The summed E-state index contributed by atoms with van der Waals surface area (Å²) >= 11 is 0. The van der Waals surface area contributed by atoms with E-state index in [1.165, 1.54) is 11.2 Å². The van der Waals surface area contributed by atoms with Gasteiger partial charge < -0.3 is 5.32 Å². The Morgan fingerprint density at radius 3 is 2.38 bits per heavy atom. The zero-order valence-corrected chi connectivity index (χ0v) is 12.8. The zero-order chi connectivity index (χ0) is 15.6. The van der Waals surface area contributed by atoms with Gasteiger partial charge in [-0.25, -0.2) is 8.42 Å². The molecule has 1 N–H and O–H groups in total. The third kappa shape index (κ3) is 3.68. The predicted molar refractivity (Wildman–Crippen MR) is 79.6 cm³/mol. The van der Waals surface area contributed by atoms with Gasteiger partial charge in [0.2, 0.25) is 15.9 Å². The highest BCUT2D eigenvalue weighted by Gasteiger charge is 2.36. The molecule has 114 valence electrons. The summed E-state index contributed by atoms with van der Waals surface area (Å²) in [5.74, 6) is -0.388. The SMILES string of the molecule is CC(=O)c1ccc(NC(=O)[C@@H]2CCCN2S(C)(=O)=O)cc1. The minimum absolute atomic E-state index is 0.0491. The van der Waals surface area contributed by atoms with Gasteiger partial charge in [0.1, 0.15) is 6.04 Å².